The van der Waals surface area contributed by atoms with Crippen LogP contribution in [0, 0.1) is 6.92 Å². The molecular formula is C14H19BN2O2. The van der Waals surface area contributed by atoms with Gasteiger partial charge in [-0.2, -0.15) is 0 Å². The first-order valence-electron chi connectivity index (χ1n) is 6.60. The number of hydrogen-bond acceptors (Lipinski definition) is 3. The van der Waals surface area contributed by atoms with E-state index in [9.17, 15) is 0 Å². The monoisotopic (exact) mass is 258 g/mol. The van der Waals surface area contributed by atoms with Crippen LogP contribution in [-0.4, -0.2) is 28.3 Å². The summed E-state index contributed by atoms with van der Waals surface area (Å²) in [6.07, 6.45) is 3.76. The summed E-state index contributed by atoms with van der Waals surface area (Å²) in [7, 11) is -0.341. The zero-order chi connectivity index (χ0) is 13.8. The fourth-order valence-electron chi connectivity index (χ4n) is 2.40. The van der Waals surface area contributed by atoms with E-state index in [2.05, 4.69) is 37.7 Å². The molecule has 1 fully saturated rings. The van der Waals surface area contributed by atoms with Gasteiger partial charge in [-0.1, -0.05) is 0 Å². The van der Waals surface area contributed by atoms with Crippen LogP contribution >= 0.6 is 0 Å². The van der Waals surface area contributed by atoms with Crippen LogP contribution in [0.5, 0.6) is 0 Å². The van der Waals surface area contributed by atoms with Gasteiger partial charge >= 0.3 is 7.12 Å². The van der Waals surface area contributed by atoms with Gasteiger partial charge in [0.05, 0.1) is 11.2 Å². The molecule has 4 nitrogen and oxygen atoms in total. The second kappa shape index (κ2) is 3.84. The molecule has 1 aliphatic heterocycles. The van der Waals surface area contributed by atoms with Crippen LogP contribution in [0.2, 0.25) is 0 Å². The number of aromatic amines is 1. The molecule has 2 aromatic heterocycles. The van der Waals surface area contributed by atoms with Crippen LogP contribution in [0.25, 0.3) is 11.0 Å². The summed E-state index contributed by atoms with van der Waals surface area (Å²) < 4.78 is 12.3. The van der Waals surface area contributed by atoms with Crippen LogP contribution in [0.1, 0.15) is 33.3 Å². The Morgan fingerprint density at radius 2 is 1.79 bits per heavy atom. The van der Waals surface area contributed by atoms with E-state index in [-0.39, 0.29) is 18.3 Å². The lowest BCUT2D eigenvalue weighted by Gasteiger charge is -2.32. The number of nitrogens with one attached hydrogen (secondary N) is 1. The van der Waals surface area contributed by atoms with Crippen molar-refractivity contribution in [3.8, 4) is 0 Å². The summed E-state index contributed by atoms with van der Waals surface area (Å²) in [6, 6.07) is 2.02. The molecule has 1 saturated heterocycles. The normalized spacial score (nSPS) is 21.2. The number of fused-ring (bicyclic) bond motifs is 1. The van der Waals surface area contributed by atoms with E-state index in [1.165, 1.54) is 0 Å². The number of nitrogens with zero attached hydrogens (tertiary/aromatic N) is 1. The topological polar surface area (TPSA) is 47.1 Å². The van der Waals surface area contributed by atoms with E-state index in [0.717, 1.165) is 22.1 Å². The minimum atomic E-state index is -0.341. The van der Waals surface area contributed by atoms with Crippen molar-refractivity contribution in [2.24, 2.45) is 0 Å². The molecule has 0 aromatic carbocycles. The van der Waals surface area contributed by atoms with E-state index in [0.29, 0.717) is 0 Å². The summed E-state index contributed by atoms with van der Waals surface area (Å²) in [5, 5.41) is 1.07. The van der Waals surface area contributed by atoms with Crippen molar-refractivity contribution >= 4 is 23.6 Å². The average molecular weight is 258 g/mol. The second-order valence-corrected chi connectivity index (χ2v) is 6.18. The van der Waals surface area contributed by atoms with Gasteiger partial charge in [0.25, 0.3) is 0 Å². The Labute approximate surface area is 113 Å². The van der Waals surface area contributed by atoms with Crippen molar-refractivity contribution in [3.63, 3.8) is 0 Å². The summed E-state index contributed by atoms with van der Waals surface area (Å²) >= 11 is 0. The molecular weight excluding hydrogens is 239 g/mol. The number of rotatable bonds is 1. The van der Waals surface area contributed by atoms with Crippen molar-refractivity contribution in [3.05, 3.63) is 24.0 Å². The van der Waals surface area contributed by atoms with Crippen LogP contribution < -0.4 is 5.46 Å². The zero-order valence-corrected chi connectivity index (χ0v) is 12.1. The Bertz CT molecular complexity index is 617. The SMILES string of the molecule is Cc1cnc2[nH]ccc2c1B1OC(C)(C)C(C)(C)O1. The maximum Gasteiger partial charge on any atom is 0.495 e. The number of aromatic nitrogens is 2. The molecule has 0 atom stereocenters. The minimum Gasteiger partial charge on any atom is -0.399 e. The summed E-state index contributed by atoms with van der Waals surface area (Å²) in [4.78, 5) is 7.51. The first-order valence-corrected chi connectivity index (χ1v) is 6.60. The molecule has 100 valence electrons. The Hall–Kier alpha value is -1.33. The second-order valence-electron chi connectivity index (χ2n) is 6.18. The number of aryl methyl sites for hydroxylation is 1. The number of H-pyrrole nitrogens is 1. The van der Waals surface area contributed by atoms with Gasteiger partial charge < -0.3 is 14.3 Å². The molecule has 1 aliphatic rings. The van der Waals surface area contributed by atoms with Crippen LogP contribution in [0.4, 0.5) is 0 Å². The zero-order valence-electron chi connectivity index (χ0n) is 12.1. The lowest BCUT2D eigenvalue weighted by molar-refractivity contribution is 0.00578. The molecule has 5 heteroatoms. The lowest BCUT2D eigenvalue weighted by Crippen LogP contribution is -2.41. The summed E-state index contributed by atoms with van der Waals surface area (Å²) in [5.74, 6) is 0. The van der Waals surface area contributed by atoms with Gasteiger partial charge in [-0.25, -0.2) is 4.98 Å². The minimum absolute atomic E-state index is 0.323. The summed E-state index contributed by atoms with van der Waals surface area (Å²) in [5.41, 5.74) is 2.39. The number of pyridine rings is 1. The van der Waals surface area contributed by atoms with Gasteiger partial charge in [-0.3, -0.25) is 0 Å². The van der Waals surface area contributed by atoms with Crippen LogP contribution in [0.15, 0.2) is 18.5 Å². The van der Waals surface area contributed by atoms with Gasteiger partial charge in [0.2, 0.25) is 0 Å². The third-order valence-electron chi connectivity index (χ3n) is 4.32. The van der Waals surface area contributed by atoms with Crippen molar-refractivity contribution in [2.45, 2.75) is 45.8 Å². The predicted molar refractivity (Wildman–Crippen MR) is 76.5 cm³/mol. The van der Waals surface area contributed by atoms with Gasteiger partial charge in [-0.05, 0) is 51.7 Å². The molecule has 0 bridgehead atoms. The van der Waals surface area contributed by atoms with Crippen molar-refractivity contribution in [1.82, 2.24) is 9.97 Å². The van der Waals surface area contributed by atoms with E-state index in [1.807, 2.05) is 25.4 Å². The molecule has 0 spiro atoms. The van der Waals surface area contributed by atoms with E-state index in [4.69, 9.17) is 9.31 Å². The Balaban J connectivity index is 2.12. The average Bonchev–Trinajstić information content (AvgIpc) is 2.81. The van der Waals surface area contributed by atoms with E-state index < -0.39 is 0 Å². The lowest BCUT2D eigenvalue weighted by atomic mass is 9.75. The highest BCUT2D eigenvalue weighted by atomic mass is 16.7. The molecule has 19 heavy (non-hydrogen) atoms. The van der Waals surface area contributed by atoms with Crippen molar-refractivity contribution in [1.29, 1.82) is 0 Å². The quantitative estimate of drug-likeness (QED) is 0.797. The highest BCUT2D eigenvalue weighted by molar-refractivity contribution is 6.65. The first kappa shape index (κ1) is 12.7. The molecule has 3 rings (SSSR count). The molecule has 0 amide bonds. The smallest absolute Gasteiger partial charge is 0.399 e. The standard InChI is InChI=1S/C14H19BN2O2/c1-9-8-17-12-10(6-7-16-12)11(9)15-18-13(2,3)14(4,5)19-15/h6-8H,1-5H3,(H,16,17). The van der Waals surface area contributed by atoms with E-state index >= 15 is 0 Å². The van der Waals surface area contributed by atoms with Crippen molar-refractivity contribution < 1.29 is 9.31 Å². The molecule has 0 radical (unpaired) electrons. The fourth-order valence-corrected chi connectivity index (χ4v) is 2.40. The van der Waals surface area contributed by atoms with Gasteiger partial charge in [0.1, 0.15) is 5.65 Å². The predicted octanol–water partition coefficient (Wildman–Crippen LogP) is 2.17. The third-order valence-corrected chi connectivity index (χ3v) is 4.32. The third kappa shape index (κ3) is 1.80. The van der Waals surface area contributed by atoms with Gasteiger partial charge in [0, 0.05) is 17.8 Å². The molecule has 0 aliphatic carbocycles. The molecule has 3 heterocycles. The number of hydrogen-bond donors (Lipinski definition) is 1. The largest absolute Gasteiger partial charge is 0.495 e. The summed E-state index contributed by atoms with van der Waals surface area (Å²) in [6.45, 7) is 10.3. The maximum atomic E-state index is 6.14. The Kier molecular flexibility index (Phi) is 2.56. The maximum absolute atomic E-state index is 6.14. The highest BCUT2D eigenvalue weighted by Gasteiger charge is 2.52. The first-order chi connectivity index (χ1) is 8.82. The van der Waals surface area contributed by atoms with Crippen molar-refractivity contribution in [2.75, 3.05) is 0 Å². The Morgan fingerprint density at radius 1 is 1.16 bits per heavy atom. The van der Waals surface area contributed by atoms with Gasteiger partial charge in [0.15, 0.2) is 0 Å². The Morgan fingerprint density at radius 3 is 2.42 bits per heavy atom. The fraction of sp³-hybridized carbons (Fsp3) is 0.500. The molecule has 0 saturated carbocycles. The molecule has 0 unspecified atom stereocenters. The van der Waals surface area contributed by atoms with E-state index in [1.54, 1.807) is 0 Å². The van der Waals surface area contributed by atoms with Crippen LogP contribution in [0.3, 0.4) is 0 Å². The highest BCUT2D eigenvalue weighted by Crippen LogP contribution is 2.37. The molecule has 2 aromatic rings. The van der Waals surface area contributed by atoms with Gasteiger partial charge in [-0.15, -0.1) is 0 Å². The molecule has 1 N–H and O–H groups in total. The van der Waals surface area contributed by atoms with Crippen LogP contribution in [-0.2, 0) is 9.31 Å².